The summed E-state index contributed by atoms with van der Waals surface area (Å²) in [5.41, 5.74) is 10.9. The van der Waals surface area contributed by atoms with Gasteiger partial charge in [0.1, 0.15) is 0 Å². The quantitative estimate of drug-likeness (QED) is 0.489. The highest BCUT2D eigenvalue weighted by atomic mass is 15.7. The molecule has 6 fully saturated rings. The number of rotatable bonds is 4. The summed E-state index contributed by atoms with van der Waals surface area (Å²) in [5.74, 6) is 1.55. The van der Waals surface area contributed by atoms with Gasteiger partial charge in [0.2, 0.25) is 0 Å². The molecule has 1 atom stereocenters. The highest BCUT2D eigenvalue weighted by molar-refractivity contribution is 5.89. The Morgan fingerprint density at radius 3 is 2.30 bits per heavy atom. The standard InChI is InChI=1S/C14H26N6/c1-5-19-6-2-11(1)13(9-19)15-17-18-16-14-10-20-7-3-12(14)4-8-20/h11-13,15,17-18H,1-10H2. The number of hydrogen-bond donors (Lipinski definition) is 3. The average Bonchev–Trinajstić information content (AvgIpc) is 2.54. The number of fused-ring (bicyclic) bond motifs is 6. The highest BCUT2D eigenvalue weighted by Gasteiger charge is 2.34. The summed E-state index contributed by atoms with van der Waals surface area (Å²) in [4.78, 5) is 5.06. The maximum absolute atomic E-state index is 4.55. The van der Waals surface area contributed by atoms with Gasteiger partial charge < -0.3 is 4.90 Å². The zero-order valence-electron chi connectivity index (χ0n) is 12.1. The van der Waals surface area contributed by atoms with Crippen LogP contribution in [0.3, 0.4) is 0 Å². The van der Waals surface area contributed by atoms with Crippen molar-refractivity contribution in [2.45, 2.75) is 31.7 Å². The third kappa shape index (κ3) is 2.57. The van der Waals surface area contributed by atoms with E-state index in [2.05, 4.69) is 31.4 Å². The second-order valence-corrected chi connectivity index (χ2v) is 6.78. The highest BCUT2D eigenvalue weighted by Crippen LogP contribution is 2.27. The molecular formula is C14H26N6. The molecule has 6 nitrogen and oxygen atoms in total. The Kier molecular flexibility index (Phi) is 3.64. The first-order chi connectivity index (χ1) is 9.88. The van der Waals surface area contributed by atoms with E-state index in [4.69, 9.17) is 0 Å². The molecule has 6 saturated heterocycles. The number of nitrogens with one attached hydrogen (secondary N) is 3. The minimum atomic E-state index is 0.566. The van der Waals surface area contributed by atoms with Crippen LogP contribution in [0, 0.1) is 11.8 Å². The summed E-state index contributed by atoms with van der Waals surface area (Å²) in [5, 5.41) is 4.55. The maximum Gasteiger partial charge on any atom is 0.0566 e. The van der Waals surface area contributed by atoms with Gasteiger partial charge in [-0.05, 0) is 57.8 Å². The Bertz CT molecular complexity index is 368. The molecule has 6 heteroatoms. The molecule has 0 spiro atoms. The van der Waals surface area contributed by atoms with Crippen LogP contribution in [0.4, 0.5) is 0 Å². The molecule has 112 valence electrons. The topological polar surface area (TPSA) is 54.9 Å². The predicted octanol–water partition coefficient (Wildman–Crippen LogP) is -0.239. The number of hydrazine groups is 2. The number of hydrogen-bond acceptors (Lipinski definition) is 6. The lowest BCUT2D eigenvalue weighted by molar-refractivity contribution is 0.0626. The van der Waals surface area contributed by atoms with Crippen LogP contribution in [-0.2, 0) is 0 Å². The van der Waals surface area contributed by atoms with E-state index in [1.807, 2.05) is 0 Å². The molecule has 0 aliphatic carbocycles. The van der Waals surface area contributed by atoms with Crippen LogP contribution in [0.15, 0.2) is 5.10 Å². The van der Waals surface area contributed by atoms with Crippen molar-refractivity contribution >= 4 is 5.71 Å². The van der Waals surface area contributed by atoms with Crippen molar-refractivity contribution in [1.82, 2.24) is 26.3 Å². The van der Waals surface area contributed by atoms with Gasteiger partial charge in [-0.15, -0.1) is 0 Å². The first-order valence-corrected chi connectivity index (χ1v) is 8.15. The van der Waals surface area contributed by atoms with Crippen LogP contribution in [0.1, 0.15) is 25.7 Å². The van der Waals surface area contributed by atoms with Gasteiger partial charge in [-0.1, -0.05) is 0 Å². The largest absolute Gasteiger partial charge is 0.302 e. The van der Waals surface area contributed by atoms with Crippen LogP contribution in [0.5, 0.6) is 0 Å². The fourth-order valence-corrected chi connectivity index (χ4v) is 4.26. The number of hydrazone groups is 1. The van der Waals surface area contributed by atoms with Gasteiger partial charge in [-0.2, -0.15) is 10.6 Å². The molecule has 4 bridgehead atoms. The van der Waals surface area contributed by atoms with Crippen LogP contribution in [-0.4, -0.2) is 60.8 Å². The molecule has 6 aliphatic heterocycles. The fraction of sp³-hybridized carbons (Fsp3) is 0.929. The van der Waals surface area contributed by atoms with E-state index in [9.17, 15) is 0 Å². The van der Waals surface area contributed by atoms with Gasteiger partial charge in [0, 0.05) is 25.0 Å². The summed E-state index contributed by atoms with van der Waals surface area (Å²) < 4.78 is 0. The normalized spacial score (nSPS) is 45.0. The van der Waals surface area contributed by atoms with E-state index in [1.165, 1.54) is 64.1 Å². The zero-order valence-corrected chi connectivity index (χ0v) is 12.1. The predicted molar refractivity (Wildman–Crippen MR) is 79.0 cm³/mol. The molecule has 20 heavy (non-hydrogen) atoms. The first-order valence-electron chi connectivity index (χ1n) is 8.15. The smallest absolute Gasteiger partial charge is 0.0566 e. The molecule has 1 unspecified atom stereocenters. The van der Waals surface area contributed by atoms with Gasteiger partial charge in [0.05, 0.1) is 5.71 Å². The Morgan fingerprint density at radius 2 is 1.70 bits per heavy atom. The van der Waals surface area contributed by atoms with E-state index in [1.54, 1.807) is 0 Å². The monoisotopic (exact) mass is 278 g/mol. The van der Waals surface area contributed by atoms with E-state index >= 15 is 0 Å². The molecule has 6 rings (SSSR count). The molecule has 6 heterocycles. The molecule has 3 N–H and O–H groups in total. The maximum atomic E-state index is 4.55. The third-order valence-electron chi connectivity index (χ3n) is 5.61. The van der Waals surface area contributed by atoms with E-state index in [0.29, 0.717) is 12.0 Å². The molecular weight excluding hydrogens is 252 g/mol. The lowest BCUT2D eigenvalue weighted by Crippen LogP contribution is -2.60. The van der Waals surface area contributed by atoms with Crippen molar-refractivity contribution in [3.8, 4) is 0 Å². The number of piperidine rings is 6. The average molecular weight is 278 g/mol. The summed E-state index contributed by atoms with van der Waals surface area (Å²) in [7, 11) is 0. The van der Waals surface area contributed by atoms with Crippen LogP contribution in [0.25, 0.3) is 0 Å². The van der Waals surface area contributed by atoms with Gasteiger partial charge in [-0.3, -0.25) is 4.90 Å². The molecule has 0 radical (unpaired) electrons. The molecule has 0 aromatic carbocycles. The number of nitrogens with zero attached hydrogens (tertiary/aromatic N) is 3. The van der Waals surface area contributed by atoms with Gasteiger partial charge in [0.25, 0.3) is 0 Å². The minimum absolute atomic E-state index is 0.566. The van der Waals surface area contributed by atoms with Gasteiger partial charge >= 0.3 is 0 Å². The Labute approximate surface area is 120 Å². The summed E-state index contributed by atoms with van der Waals surface area (Å²) >= 11 is 0. The Hall–Kier alpha value is -0.690. The van der Waals surface area contributed by atoms with E-state index < -0.39 is 0 Å². The first kappa shape index (κ1) is 13.0. The Balaban J connectivity index is 1.23. The Morgan fingerprint density at radius 1 is 0.950 bits per heavy atom. The van der Waals surface area contributed by atoms with Gasteiger partial charge in [-0.25, -0.2) is 11.0 Å². The second-order valence-electron chi connectivity index (χ2n) is 6.78. The van der Waals surface area contributed by atoms with Crippen LogP contribution < -0.4 is 16.5 Å². The van der Waals surface area contributed by atoms with Crippen molar-refractivity contribution in [2.24, 2.45) is 16.9 Å². The van der Waals surface area contributed by atoms with Crippen molar-refractivity contribution in [3.63, 3.8) is 0 Å². The van der Waals surface area contributed by atoms with Crippen molar-refractivity contribution in [1.29, 1.82) is 0 Å². The van der Waals surface area contributed by atoms with Crippen molar-refractivity contribution in [3.05, 3.63) is 0 Å². The van der Waals surface area contributed by atoms with Crippen molar-refractivity contribution in [2.75, 3.05) is 39.3 Å². The molecule has 0 saturated carbocycles. The second kappa shape index (κ2) is 5.60. The molecule has 0 aromatic heterocycles. The van der Waals surface area contributed by atoms with Crippen LogP contribution >= 0.6 is 0 Å². The third-order valence-corrected chi connectivity index (χ3v) is 5.61. The lowest BCUT2D eigenvalue weighted by Gasteiger charge is -2.44. The minimum Gasteiger partial charge on any atom is -0.302 e. The van der Waals surface area contributed by atoms with E-state index in [-0.39, 0.29) is 0 Å². The zero-order chi connectivity index (χ0) is 13.4. The lowest BCUT2D eigenvalue weighted by atomic mass is 9.84. The summed E-state index contributed by atoms with van der Waals surface area (Å²) in [6.07, 6.45) is 5.25. The van der Waals surface area contributed by atoms with Gasteiger partial charge in [0.15, 0.2) is 0 Å². The molecule has 0 aromatic rings. The summed E-state index contributed by atoms with van der Waals surface area (Å²) in [6, 6.07) is 0.566. The van der Waals surface area contributed by atoms with Crippen LogP contribution in [0.2, 0.25) is 0 Å². The SMILES string of the molecule is C1CN2CCC1C(=NNNNC1CN3CCC1CC3)C2. The molecule has 6 aliphatic rings. The summed E-state index contributed by atoms with van der Waals surface area (Å²) in [6.45, 7) is 7.32. The fourth-order valence-electron chi connectivity index (χ4n) is 4.26. The van der Waals surface area contributed by atoms with E-state index in [0.717, 1.165) is 12.5 Å². The molecule has 0 amide bonds. The van der Waals surface area contributed by atoms with Crippen molar-refractivity contribution < 1.29 is 0 Å².